The maximum atomic E-state index is 12.4. The summed E-state index contributed by atoms with van der Waals surface area (Å²) in [5, 5.41) is 22.9. The lowest BCUT2D eigenvalue weighted by Crippen LogP contribution is -2.14. The molecule has 0 aliphatic rings. The van der Waals surface area contributed by atoms with E-state index < -0.39 is 10.8 Å². The Morgan fingerprint density at radius 2 is 2.04 bits per heavy atom. The highest BCUT2D eigenvalue weighted by atomic mass is 35.5. The smallest absolute Gasteiger partial charge is 0.273 e. The number of nitrogens with zero attached hydrogens (tertiary/aromatic N) is 3. The summed E-state index contributed by atoms with van der Waals surface area (Å²) in [5.74, 6) is 0.141. The summed E-state index contributed by atoms with van der Waals surface area (Å²) in [6.07, 6.45) is 0. The van der Waals surface area contributed by atoms with Crippen LogP contribution in [0.2, 0.25) is 10.0 Å². The average Bonchev–Trinajstić information content (AvgIpc) is 3.10. The number of hydrogen-bond acceptors (Lipinski definition) is 7. The third-order valence-electron chi connectivity index (χ3n) is 3.72. The minimum Gasteiger partial charge on any atom is -0.296 e. The zero-order valence-corrected chi connectivity index (χ0v) is 17.5. The molecule has 1 heterocycles. The van der Waals surface area contributed by atoms with E-state index in [2.05, 4.69) is 15.5 Å². The molecule has 11 heteroatoms. The van der Waals surface area contributed by atoms with Crippen molar-refractivity contribution in [1.29, 1.82) is 0 Å². The maximum Gasteiger partial charge on any atom is 0.273 e. The number of nitro benzene ring substituents is 1. The second-order valence-corrected chi connectivity index (χ2v) is 8.59. The van der Waals surface area contributed by atoms with Crippen LogP contribution in [-0.2, 0) is 5.75 Å². The maximum absolute atomic E-state index is 12.4. The number of amides is 1. The van der Waals surface area contributed by atoms with Crippen LogP contribution in [0.1, 0.15) is 21.5 Å². The Labute approximate surface area is 178 Å². The zero-order valence-electron chi connectivity index (χ0n) is 14.3. The van der Waals surface area contributed by atoms with Crippen LogP contribution < -0.4 is 5.32 Å². The molecule has 0 bridgehead atoms. The molecule has 1 N–H and O–H groups in total. The van der Waals surface area contributed by atoms with Gasteiger partial charge in [0, 0.05) is 22.9 Å². The van der Waals surface area contributed by atoms with Gasteiger partial charge in [0.1, 0.15) is 0 Å². The number of thioether (sulfide) groups is 1. The van der Waals surface area contributed by atoms with Gasteiger partial charge in [-0.05, 0) is 30.7 Å². The molecule has 1 amide bonds. The van der Waals surface area contributed by atoms with Gasteiger partial charge in [-0.25, -0.2) is 0 Å². The third-order valence-corrected chi connectivity index (χ3v) is 6.50. The molecule has 144 valence electrons. The van der Waals surface area contributed by atoms with Crippen molar-refractivity contribution in [3.63, 3.8) is 0 Å². The van der Waals surface area contributed by atoms with Gasteiger partial charge in [0.05, 0.1) is 15.0 Å². The third kappa shape index (κ3) is 4.79. The Kier molecular flexibility index (Phi) is 6.50. The van der Waals surface area contributed by atoms with E-state index in [0.717, 1.165) is 5.56 Å². The van der Waals surface area contributed by atoms with Crippen molar-refractivity contribution in [3.8, 4) is 0 Å². The van der Waals surface area contributed by atoms with Crippen molar-refractivity contribution >= 4 is 63.0 Å². The van der Waals surface area contributed by atoms with Crippen LogP contribution in [-0.4, -0.2) is 21.0 Å². The molecule has 1 aromatic heterocycles. The number of benzene rings is 2. The van der Waals surface area contributed by atoms with Crippen molar-refractivity contribution in [2.24, 2.45) is 0 Å². The second kappa shape index (κ2) is 8.87. The van der Waals surface area contributed by atoms with E-state index in [1.165, 1.54) is 48.2 Å². The van der Waals surface area contributed by atoms with Crippen LogP contribution in [0.5, 0.6) is 0 Å². The summed E-state index contributed by atoms with van der Waals surface area (Å²) in [6, 6.07) is 9.74. The number of aromatic nitrogens is 2. The van der Waals surface area contributed by atoms with Gasteiger partial charge < -0.3 is 0 Å². The zero-order chi connectivity index (χ0) is 20.3. The topological polar surface area (TPSA) is 98.0 Å². The molecule has 0 saturated heterocycles. The minimum absolute atomic E-state index is 0.109. The Morgan fingerprint density at radius 3 is 2.75 bits per heavy atom. The lowest BCUT2D eigenvalue weighted by molar-refractivity contribution is -0.385. The van der Waals surface area contributed by atoms with Crippen molar-refractivity contribution in [1.82, 2.24) is 10.2 Å². The number of hydrogen-bond donors (Lipinski definition) is 1. The normalized spacial score (nSPS) is 10.7. The van der Waals surface area contributed by atoms with E-state index in [-0.39, 0.29) is 11.3 Å². The predicted octanol–water partition coefficient (Wildman–Crippen LogP) is 5.61. The highest BCUT2D eigenvalue weighted by Gasteiger charge is 2.19. The van der Waals surface area contributed by atoms with Gasteiger partial charge in [-0.1, -0.05) is 58.4 Å². The van der Waals surface area contributed by atoms with E-state index in [4.69, 9.17) is 23.2 Å². The summed E-state index contributed by atoms with van der Waals surface area (Å²) in [5.41, 5.74) is 1.38. The first-order valence-electron chi connectivity index (χ1n) is 7.80. The van der Waals surface area contributed by atoms with Crippen LogP contribution in [0, 0.1) is 17.0 Å². The predicted molar refractivity (Wildman–Crippen MR) is 112 cm³/mol. The number of nitro groups is 1. The van der Waals surface area contributed by atoms with Crippen LogP contribution in [0.15, 0.2) is 40.7 Å². The molecule has 0 atom stereocenters. The molecule has 2 aromatic carbocycles. The van der Waals surface area contributed by atoms with E-state index in [0.29, 0.717) is 30.8 Å². The first kappa shape index (κ1) is 20.5. The largest absolute Gasteiger partial charge is 0.296 e. The highest BCUT2D eigenvalue weighted by molar-refractivity contribution is 8.00. The summed E-state index contributed by atoms with van der Waals surface area (Å²) in [4.78, 5) is 22.9. The lowest BCUT2D eigenvalue weighted by Gasteiger charge is -2.05. The molecule has 0 fully saturated rings. The monoisotopic (exact) mass is 454 g/mol. The summed E-state index contributed by atoms with van der Waals surface area (Å²) < 4.78 is 0.664. The molecule has 0 unspecified atom stereocenters. The molecule has 7 nitrogen and oxygen atoms in total. The lowest BCUT2D eigenvalue weighted by atomic mass is 10.1. The molecule has 3 rings (SSSR count). The molecular formula is C17H12Cl2N4O3S2. The molecule has 0 aliphatic carbocycles. The van der Waals surface area contributed by atoms with E-state index in [9.17, 15) is 14.9 Å². The summed E-state index contributed by atoms with van der Waals surface area (Å²) >= 11 is 14.6. The van der Waals surface area contributed by atoms with Crippen molar-refractivity contribution in [3.05, 3.63) is 73.2 Å². The van der Waals surface area contributed by atoms with Crippen LogP contribution in [0.3, 0.4) is 0 Å². The summed E-state index contributed by atoms with van der Waals surface area (Å²) in [6.45, 7) is 1.53. The molecule has 0 saturated carbocycles. The fourth-order valence-electron chi connectivity index (χ4n) is 2.32. The molecule has 0 aliphatic heterocycles. The number of carbonyl (C=O) groups is 1. The fraction of sp³-hybridized carbons (Fsp3) is 0.118. The van der Waals surface area contributed by atoms with Gasteiger partial charge >= 0.3 is 0 Å². The van der Waals surface area contributed by atoms with Gasteiger partial charge in [0.25, 0.3) is 11.6 Å². The van der Waals surface area contributed by atoms with Gasteiger partial charge in [0.2, 0.25) is 5.13 Å². The quantitative estimate of drug-likeness (QED) is 0.225. The number of carbonyl (C=O) groups excluding carboxylic acids is 1. The van der Waals surface area contributed by atoms with Crippen molar-refractivity contribution < 1.29 is 9.72 Å². The van der Waals surface area contributed by atoms with E-state index >= 15 is 0 Å². The van der Waals surface area contributed by atoms with Gasteiger partial charge in [-0.2, -0.15) is 0 Å². The molecule has 0 spiro atoms. The molecule has 28 heavy (non-hydrogen) atoms. The molecular weight excluding hydrogens is 443 g/mol. The van der Waals surface area contributed by atoms with Crippen LogP contribution in [0.4, 0.5) is 10.8 Å². The first-order valence-corrected chi connectivity index (χ1v) is 10.4. The van der Waals surface area contributed by atoms with Gasteiger partial charge in [0.15, 0.2) is 4.34 Å². The Hall–Kier alpha value is -2.20. The standard InChI is InChI=1S/C17H12Cl2N4O3S2/c1-9-11(3-2-4-14(9)23(25)26)15(24)20-16-21-22-17(28-16)27-8-10-5-6-12(18)13(19)7-10/h2-7H,8H2,1H3,(H,20,21,24). The number of rotatable bonds is 6. The fourth-order valence-corrected chi connectivity index (χ4v) is 4.34. The first-order chi connectivity index (χ1) is 13.3. The van der Waals surface area contributed by atoms with E-state index in [1.807, 2.05) is 6.07 Å². The van der Waals surface area contributed by atoms with Gasteiger partial charge in [-0.15, -0.1) is 10.2 Å². The summed E-state index contributed by atoms with van der Waals surface area (Å²) in [7, 11) is 0. The second-order valence-electron chi connectivity index (χ2n) is 5.57. The number of halogens is 2. The van der Waals surface area contributed by atoms with Crippen LogP contribution >= 0.6 is 46.3 Å². The Balaban J connectivity index is 1.66. The Morgan fingerprint density at radius 1 is 1.25 bits per heavy atom. The average molecular weight is 455 g/mol. The van der Waals surface area contributed by atoms with Crippen LogP contribution in [0.25, 0.3) is 0 Å². The van der Waals surface area contributed by atoms with Crippen molar-refractivity contribution in [2.45, 2.75) is 17.0 Å². The van der Waals surface area contributed by atoms with Crippen molar-refractivity contribution in [2.75, 3.05) is 5.32 Å². The number of anilines is 1. The number of nitrogens with one attached hydrogen (secondary N) is 1. The van der Waals surface area contributed by atoms with E-state index in [1.54, 1.807) is 12.1 Å². The molecule has 3 aromatic rings. The highest BCUT2D eigenvalue weighted by Crippen LogP contribution is 2.31. The SMILES string of the molecule is Cc1c(C(=O)Nc2nnc(SCc3ccc(Cl)c(Cl)c3)s2)cccc1[N+](=O)[O-]. The minimum atomic E-state index is -0.519. The Bertz CT molecular complexity index is 1060. The molecule has 0 radical (unpaired) electrons. The van der Waals surface area contributed by atoms with Gasteiger partial charge in [-0.3, -0.25) is 20.2 Å².